The molecule has 0 bridgehead atoms. The fourth-order valence-corrected chi connectivity index (χ4v) is 2.81. The highest BCUT2D eigenvalue weighted by Gasteiger charge is 2.34. The summed E-state index contributed by atoms with van der Waals surface area (Å²) in [5.74, 6) is 0.256. The maximum atomic E-state index is 12.3. The number of carbonyl (C=O) groups excluding carboxylic acids is 1. The molecule has 2 rings (SSSR count). The molecular formula is C12H17NOS. The van der Waals surface area contributed by atoms with E-state index in [0.29, 0.717) is 0 Å². The van der Waals surface area contributed by atoms with E-state index in [0.717, 1.165) is 24.9 Å². The van der Waals surface area contributed by atoms with Crippen LogP contribution in [0.25, 0.3) is 0 Å². The first-order chi connectivity index (χ1) is 7.12. The molecule has 0 saturated carbocycles. The van der Waals surface area contributed by atoms with Gasteiger partial charge < -0.3 is 5.32 Å². The monoisotopic (exact) mass is 223 g/mol. The number of thiophene rings is 1. The first kappa shape index (κ1) is 10.8. The molecule has 0 radical (unpaired) electrons. The Bertz CT molecular complexity index is 363. The first-order valence-corrected chi connectivity index (χ1v) is 6.35. The summed E-state index contributed by atoms with van der Waals surface area (Å²) in [5.41, 5.74) is 0.542. The van der Waals surface area contributed by atoms with Gasteiger partial charge in [-0.15, -0.1) is 11.3 Å². The van der Waals surface area contributed by atoms with Crippen LogP contribution in [-0.4, -0.2) is 17.9 Å². The summed E-state index contributed by atoms with van der Waals surface area (Å²) in [5, 5.41) is 5.33. The Morgan fingerprint density at radius 1 is 1.53 bits per heavy atom. The Morgan fingerprint density at radius 3 is 2.87 bits per heavy atom. The zero-order valence-corrected chi connectivity index (χ0v) is 10.1. The van der Waals surface area contributed by atoms with Gasteiger partial charge in [0.2, 0.25) is 0 Å². The van der Waals surface area contributed by atoms with E-state index >= 15 is 0 Å². The van der Waals surface area contributed by atoms with Crippen molar-refractivity contribution in [1.29, 1.82) is 0 Å². The Hall–Kier alpha value is -0.670. The molecule has 0 spiro atoms. The third kappa shape index (κ3) is 2.13. The lowest BCUT2D eigenvalue weighted by Crippen LogP contribution is -2.52. The third-order valence-corrected chi connectivity index (χ3v) is 3.97. The number of ketones is 1. The van der Waals surface area contributed by atoms with Crippen molar-refractivity contribution in [2.75, 3.05) is 6.54 Å². The zero-order valence-electron chi connectivity index (χ0n) is 9.30. The second-order valence-electron chi connectivity index (χ2n) is 4.49. The van der Waals surface area contributed by atoms with Crippen LogP contribution in [0, 0.1) is 6.92 Å². The lowest BCUT2D eigenvalue weighted by molar-refractivity contribution is 0.0835. The number of hydrogen-bond acceptors (Lipinski definition) is 3. The Morgan fingerprint density at radius 2 is 2.33 bits per heavy atom. The van der Waals surface area contributed by atoms with Gasteiger partial charge in [0.1, 0.15) is 0 Å². The molecule has 1 atom stereocenters. The highest BCUT2D eigenvalue weighted by molar-refractivity contribution is 7.10. The Labute approximate surface area is 94.7 Å². The highest BCUT2D eigenvalue weighted by Crippen LogP contribution is 2.25. The van der Waals surface area contributed by atoms with Crippen LogP contribution in [0.1, 0.15) is 41.4 Å². The van der Waals surface area contributed by atoms with Gasteiger partial charge in [-0.2, -0.15) is 0 Å². The summed E-state index contributed by atoms with van der Waals surface area (Å²) < 4.78 is 0. The molecule has 0 amide bonds. The van der Waals surface area contributed by atoms with Crippen molar-refractivity contribution >= 4 is 17.1 Å². The molecular weight excluding hydrogens is 206 g/mol. The normalized spacial score (nSPS) is 26.5. The molecule has 1 N–H and O–H groups in total. The van der Waals surface area contributed by atoms with Gasteiger partial charge in [0.25, 0.3) is 0 Å². The molecule has 1 saturated heterocycles. The van der Waals surface area contributed by atoms with Crippen LogP contribution in [0.2, 0.25) is 0 Å². The topological polar surface area (TPSA) is 29.1 Å². The molecule has 1 aromatic rings. The molecule has 1 unspecified atom stereocenters. The van der Waals surface area contributed by atoms with E-state index in [-0.39, 0.29) is 11.3 Å². The van der Waals surface area contributed by atoms with Gasteiger partial charge in [-0.25, -0.2) is 0 Å². The molecule has 2 heterocycles. The average molecular weight is 223 g/mol. The van der Waals surface area contributed by atoms with Crippen molar-refractivity contribution in [3.63, 3.8) is 0 Å². The standard InChI is InChI=1S/C12H17NOS/c1-9-7-10(8-15-9)11(14)12(2)5-3-4-6-13-12/h7-8,13H,3-6H2,1-2H3. The number of Topliss-reactive ketones (excluding diaryl/α,β-unsaturated/α-hetero) is 1. The van der Waals surface area contributed by atoms with Gasteiger partial charge in [0.05, 0.1) is 5.54 Å². The maximum Gasteiger partial charge on any atom is 0.183 e. The van der Waals surface area contributed by atoms with Gasteiger partial charge in [0.15, 0.2) is 5.78 Å². The minimum absolute atomic E-state index is 0.256. The molecule has 1 aromatic heterocycles. The summed E-state index contributed by atoms with van der Waals surface area (Å²) in [4.78, 5) is 13.5. The molecule has 0 aliphatic carbocycles. The summed E-state index contributed by atoms with van der Waals surface area (Å²) in [7, 11) is 0. The molecule has 1 aliphatic heterocycles. The lowest BCUT2D eigenvalue weighted by Gasteiger charge is -2.33. The zero-order chi connectivity index (χ0) is 10.9. The SMILES string of the molecule is Cc1cc(C(=O)C2(C)CCCCN2)cs1. The van der Waals surface area contributed by atoms with E-state index in [1.165, 1.54) is 11.3 Å². The first-order valence-electron chi connectivity index (χ1n) is 5.47. The number of nitrogens with one attached hydrogen (secondary N) is 1. The molecule has 3 heteroatoms. The summed E-state index contributed by atoms with van der Waals surface area (Å²) in [6.45, 7) is 5.03. The van der Waals surface area contributed by atoms with E-state index in [4.69, 9.17) is 0 Å². The van der Waals surface area contributed by atoms with Crippen molar-refractivity contribution in [2.24, 2.45) is 0 Å². The van der Waals surface area contributed by atoms with Crippen LogP contribution in [-0.2, 0) is 0 Å². The molecule has 0 aromatic carbocycles. The van der Waals surface area contributed by atoms with Gasteiger partial charge in [-0.1, -0.05) is 0 Å². The number of carbonyl (C=O) groups is 1. The minimum atomic E-state index is -0.328. The van der Waals surface area contributed by atoms with Gasteiger partial charge in [-0.05, 0) is 45.7 Å². The number of hydrogen-bond donors (Lipinski definition) is 1. The second kappa shape index (κ2) is 4.06. The van der Waals surface area contributed by atoms with E-state index in [1.54, 1.807) is 11.3 Å². The van der Waals surface area contributed by atoms with Crippen LogP contribution in [0.5, 0.6) is 0 Å². The molecule has 1 fully saturated rings. The predicted molar refractivity (Wildman–Crippen MR) is 63.6 cm³/mol. The number of aryl methyl sites for hydroxylation is 1. The minimum Gasteiger partial charge on any atom is -0.305 e. The van der Waals surface area contributed by atoms with Crippen molar-refractivity contribution in [3.05, 3.63) is 21.9 Å². The average Bonchev–Trinajstić information content (AvgIpc) is 2.65. The van der Waals surface area contributed by atoms with Crippen molar-refractivity contribution in [2.45, 2.75) is 38.6 Å². The van der Waals surface area contributed by atoms with E-state index in [9.17, 15) is 4.79 Å². The molecule has 1 aliphatic rings. The second-order valence-corrected chi connectivity index (χ2v) is 5.61. The van der Waals surface area contributed by atoms with Gasteiger partial charge >= 0.3 is 0 Å². The summed E-state index contributed by atoms with van der Waals surface area (Å²) in [6.07, 6.45) is 3.30. The van der Waals surface area contributed by atoms with Crippen LogP contribution in [0.4, 0.5) is 0 Å². The highest BCUT2D eigenvalue weighted by atomic mass is 32.1. The van der Waals surface area contributed by atoms with E-state index in [2.05, 4.69) is 5.32 Å². The van der Waals surface area contributed by atoms with E-state index < -0.39 is 0 Å². The quantitative estimate of drug-likeness (QED) is 0.781. The van der Waals surface area contributed by atoms with Crippen LogP contribution in [0.15, 0.2) is 11.4 Å². The van der Waals surface area contributed by atoms with Gasteiger partial charge in [0, 0.05) is 15.8 Å². The predicted octanol–water partition coefficient (Wildman–Crippen LogP) is 2.77. The number of rotatable bonds is 2. The molecule has 2 nitrogen and oxygen atoms in total. The molecule has 82 valence electrons. The van der Waals surface area contributed by atoms with Crippen molar-refractivity contribution in [3.8, 4) is 0 Å². The Balaban J connectivity index is 2.19. The largest absolute Gasteiger partial charge is 0.305 e. The van der Waals surface area contributed by atoms with Crippen molar-refractivity contribution in [1.82, 2.24) is 5.32 Å². The summed E-state index contributed by atoms with van der Waals surface area (Å²) >= 11 is 1.65. The van der Waals surface area contributed by atoms with Gasteiger partial charge in [-0.3, -0.25) is 4.79 Å². The van der Waals surface area contributed by atoms with Crippen molar-refractivity contribution < 1.29 is 4.79 Å². The Kier molecular flexibility index (Phi) is 2.94. The summed E-state index contributed by atoms with van der Waals surface area (Å²) in [6, 6.07) is 1.99. The third-order valence-electron chi connectivity index (χ3n) is 3.11. The van der Waals surface area contributed by atoms with Crippen LogP contribution >= 0.6 is 11.3 Å². The smallest absolute Gasteiger partial charge is 0.183 e. The number of piperidine rings is 1. The van der Waals surface area contributed by atoms with E-state index in [1.807, 2.05) is 25.3 Å². The van der Waals surface area contributed by atoms with Crippen LogP contribution < -0.4 is 5.32 Å². The fourth-order valence-electron chi connectivity index (χ4n) is 2.13. The van der Waals surface area contributed by atoms with Crippen LogP contribution in [0.3, 0.4) is 0 Å². The maximum absolute atomic E-state index is 12.3. The fraction of sp³-hybridized carbons (Fsp3) is 0.583. The molecule has 15 heavy (non-hydrogen) atoms. The lowest BCUT2D eigenvalue weighted by atomic mass is 9.84.